The van der Waals surface area contributed by atoms with Gasteiger partial charge in [0.15, 0.2) is 0 Å². The van der Waals surface area contributed by atoms with Gasteiger partial charge in [-0.2, -0.15) is 0 Å². The summed E-state index contributed by atoms with van der Waals surface area (Å²) in [6.45, 7) is 0. The SMILES string of the molecule is c1ccc(-c2cccc(N(c3cc(-c4cc(-c5ccc6ccccc6c5)c5oc6c7ccccc7ccc6c5c4)cc(N(c4ccccc4)c4ccc5ccccc5c4)c3)c3ccc4c(c3)sc3ccccc34)c2)cc1. The molecule has 0 amide bonds. The zero-order valence-electron chi connectivity index (χ0n) is 41.3. The molecule has 356 valence electrons. The number of thiophene rings is 1. The fourth-order valence-corrected chi connectivity index (χ4v) is 12.6. The summed E-state index contributed by atoms with van der Waals surface area (Å²) in [6.07, 6.45) is 0. The lowest BCUT2D eigenvalue weighted by molar-refractivity contribution is 0.674. The van der Waals surface area contributed by atoms with Crippen LogP contribution in [0.4, 0.5) is 34.1 Å². The van der Waals surface area contributed by atoms with Crippen molar-refractivity contribution in [2.24, 2.45) is 0 Å². The average Bonchev–Trinajstić information content (AvgIpc) is 4.13. The molecule has 0 spiro atoms. The molecule has 13 aromatic carbocycles. The number of fused-ring (bicyclic) bond motifs is 10. The maximum atomic E-state index is 7.13. The van der Waals surface area contributed by atoms with E-state index in [-0.39, 0.29) is 0 Å². The molecule has 0 radical (unpaired) electrons. The zero-order chi connectivity index (χ0) is 50.1. The number of furan rings is 1. The fourth-order valence-electron chi connectivity index (χ4n) is 11.5. The van der Waals surface area contributed by atoms with Gasteiger partial charge in [-0.05, 0) is 152 Å². The Kier molecular flexibility index (Phi) is 10.4. The van der Waals surface area contributed by atoms with Crippen molar-refractivity contribution in [1.29, 1.82) is 0 Å². The number of anilines is 6. The first-order chi connectivity index (χ1) is 37.6. The van der Waals surface area contributed by atoms with E-state index in [1.54, 1.807) is 0 Å². The lowest BCUT2D eigenvalue weighted by Crippen LogP contribution is -2.13. The fraction of sp³-hybridized carbons (Fsp3) is 0. The lowest BCUT2D eigenvalue weighted by Gasteiger charge is -2.31. The molecule has 15 rings (SSSR count). The maximum Gasteiger partial charge on any atom is 0.143 e. The van der Waals surface area contributed by atoms with Gasteiger partial charge in [0, 0.05) is 76.0 Å². The molecule has 15 aromatic rings. The van der Waals surface area contributed by atoms with E-state index >= 15 is 0 Å². The number of rotatable bonds is 9. The van der Waals surface area contributed by atoms with E-state index in [0.717, 1.165) is 94.7 Å². The summed E-state index contributed by atoms with van der Waals surface area (Å²) in [5.74, 6) is 0. The second kappa shape index (κ2) is 18.0. The van der Waals surface area contributed by atoms with Crippen molar-refractivity contribution in [1.82, 2.24) is 0 Å². The quantitative estimate of drug-likeness (QED) is 0.144. The highest BCUT2D eigenvalue weighted by Crippen LogP contribution is 2.48. The van der Waals surface area contributed by atoms with Crippen LogP contribution in [0.2, 0.25) is 0 Å². The lowest BCUT2D eigenvalue weighted by atomic mass is 9.93. The van der Waals surface area contributed by atoms with Gasteiger partial charge >= 0.3 is 0 Å². The first kappa shape index (κ1) is 43.8. The normalized spacial score (nSPS) is 11.7. The Balaban J connectivity index is 1.03. The third-order valence-corrected chi connectivity index (χ3v) is 16.2. The van der Waals surface area contributed by atoms with Crippen LogP contribution in [0, 0.1) is 0 Å². The molecule has 0 fully saturated rings. The molecule has 76 heavy (non-hydrogen) atoms. The summed E-state index contributed by atoms with van der Waals surface area (Å²) in [6, 6.07) is 102. The second-order valence-corrected chi connectivity index (χ2v) is 20.8. The van der Waals surface area contributed by atoms with Gasteiger partial charge in [-0.15, -0.1) is 11.3 Å². The van der Waals surface area contributed by atoms with Crippen LogP contribution in [0.15, 0.2) is 283 Å². The van der Waals surface area contributed by atoms with Crippen molar-refractivity contribution >= 4 is 120 Å². The maximum absolute atomic E-state index is 7.13. The van der Waals surface area contributed by atoms with Crippen molar-refractivity contribution < 1.29 is 4.42 Å². The highest BCUT2D eigenvalue weighted by molar-refractivity contribution is 7.25. The van der Waals surface area contributed by atoms with Gasteiger partial charge < -0.3 is 14.2 Å². The molecule has 2 aromatic heterocycles. The number of para-hydroxylation sites is 1. The van der Waals surface area contributed by atoms with Crippen LogP contribution in [0.5, 0.6) is 0 Å². The highest BCUT2D eigenvalue weighted by atomic mass is 32.1. The predicted octanol–water partition coefficient (Wildman–Crippen LogP) is 21.4. The third kappa shape index (κ3) is 7.57. The third-order valence-electron chi connectivity index (χ3n) is 15.1. The summed E-state index contributed by atoms with van der Waals surface area (Å²) in [5.41, 5.74) is 14.7. The molecule has 0 bridgehead atoms. The molecule has 0 atom stereocenters. The summed E-state index contributed by atoms with van der Waals surface area (Å²) < 4.78 is 9.66. The molecule has 3 nitrogen and oxygen atoms in total. The van der Waals surface area contributed by atoms with Crippen LogP contribution in [0.1, 0.15) is 0 Å². The minimum absolute atomic E-state index is 0.875. The number of nitrogens with zero attached hydrogens (tertiary/aromatic N) is 2. The van der Waals surface area contributed by atoms with Gasteiger partial charge in [0.1, 0.15) is 11.2 Å². The van der Waals surface area contributed by atoms with E-state index in [1.807, 2.05) is 11.3 Å². The standard InChI is InChI=1S/C72H46N2OS/c1-3-16-47(17-4-1)53-23-15-26-58(39-53)74(60-35-37-65-64-28-13-14-29-69(64)76-70(65)46-60)62-42-55(41-61(45-62)73(57-24-5-2-6-25-57)59-34-32-49-19-8-10-22-52(49)40-59)56-43-67(54-31-30-48-18-7-9-21-51(48)38-54)72-68(44-56)66-36-33-50-20-11-12-27-63(50)71(66)75-72/h1-46H. The second-order valence-electron chi connectivity index (χ2n) is 19.7. The number of hydrogen-bond donors (Lipinski definition) is 0. The van der Waals surface area contributed by atoms with Crippen molar-refractivity contribution in [3.8, 4) is 33.4 Å². The van der Waals surface area contributed by atoms with E-state index < -0.39 is 0 Å². The minimum atomic E-state index is 0.875. The van der Waals surface area contributed by atoms with E-state index in [4.69, 9.17) is 4.42 Å². The van der Waals surface area contributed by atoms with E-state index in [2.05, 4.69) is 289 Å². The molecular formula is C72H46N2OS. The van der Waals surface area contributed by atoms with Gasteiger partial charge in [-0.25, -0.2) is 0 Å². The molecule has 0 saturated heterocycles. The van der Waals surface area contributed by atoms with E-state index in [9.17, 15) is 0 Å². The summed E-state index contributed by atoms with van der Waals surface area (Å²) in [5, 5.41) is 11.7. The molecular weight excluding hydrogens is 941 g/mol. The summed E-state index contributed by atoms with van der Waals surface area (Å²) >= 11 is 1.85. The van der Waals surface area contributed by atoms with Gasteiger partial charge in [-0.3, -0.25) is 0 Å². The van der Waals surface area contributed by atoms with Crippen LogP contribution >= 0.6 is 11.3 Å². The highest BCUT2D eigenvalue weighted by Gasteiger charge is 2.23. The zero-order valence-corrected chi connectivity index (χ0v) is 42.1. The van der Waals surface area contributed by atoms with Gasteiger partial charge in [0.05, 0.1) is 0 Å². The summed E-state index contributed by atoms with van der Waals surface area (Å²) in [7, 11) is 0. The molecule has 0 N–H and O–H groups in total. The van der Waals surface area contributed by atoms with E-state index in [1.165, 1.54) is 47.3 Å². The predicted molar refractivity (Wildman–Crippen MR) is 325 cm³/mol. The molecule has 2 heterocycles. The van der Waals surface area contributed by atoms with Crippen LogP contribution in [-0.4, -0.2) is 0 Å². The Bertz CT molecular complexity index is 4730. The molecule has 0 unspecified atom stereocenters. The van der Waals surface area contributed by atoms with Crippen molar-refractivity contribution in [2.45, 2.75) is 0 Å². The van der Waals surface area contributed by atoms with Gasteiger partial charge in [0.2, 0.25) is 0 Å². The topological polar surface area (TPSA) is 19.6 Å². The van der Waals surface area contributed by atoms with Crippen LogP contribution < -0.4 is 9.80 Å². The minimum Gasteiger partial charge on any atom is -0.455 e. The van der Waals surface area contributed by atoms with E-state index in [0.29, 0.717) is 0 Å². The Labute approximate surface area is 444 Å². The Hall–Kier alpha value is -9.74. The van der Waals surface area contributed by atoms with Crippen LogP contribution in [-0.2, 0) is 0 Å². The number of benzene rings is 13. The van der Waals surface area contributed by atoms with Crippen molar-refractivity contribution in [2.75, 3.05) is 9.80 Å². The van der Waals surface area contributed by atoms with Crippen LogP contribution in [0.3, 0.4) is 0 Å². The molecule has 4 heteroatoms. The van der Waals surface area contributed by atoms with Crippen LogP contribution in [0.25, 0.3) is 108 Å². The number of hydrogen-bond acceptors (Lipinski definition) is 4. The van der Waals surface area contributed by atoms with Gasteiger partial charge in [-0.1, -0.05) is 182 Å². The molecule has 0 saturated carbocycles. The van der Waals surface area contributed by atoms with Crippen molar-refractivity contribution in [3.05, 3.63) is 279 Å². The smallest absolute Gasteiger partial charge is 0.143 e. The Morgan fingerprint density at radius 3 is 1.58 bits per heavy atom. The van der Waals surface area contributed by atoms with Gasteiger partial charge in [0.25, 0.3) is 0 Å². The summed E-state index contributed by atoms with van der Waals surface area (Å²) in [4.78, 5) is 4.87. The molecule has 0 aliphatic rings. The Morgan fingerprint density at radius 1 is 0.237 bits per heavy atom. The first-order valence-electron chi connectivity index (χ1n) is 25.9. The molecule has 0 aliphatic carbocycles. The average molecular weight is 987 g/mol. The van der Waals surface area contributed by atoms with Crippen molar-refractivity contribution in [3.63, 3.8) is 0 Å². The largest absolute Gasteiger partial charge is 0.455 e. The molecule has 0 aliphatic heterocycles. The monoisotopic (exact) mass is 986 g/mol. The Morgan fingerprint density at radius 2 is 0.776 bits per heavy atom. The first-order valence-corrected chi connectivity index (χ1v) is 26.7.